The molecule has 0 aliphatic heterocycles. The highest BCUT2D eigenvalue weighted by Gasteiger charge is 2.16. The molecule has 0 unspecified atom stereocenters. The van der Waals surface area contributed by atoms with Gasteiger partial charge >= 0.3 is 0 Å². The predicted molar refractivity (Wildman–Crippen MR) is 73.9 cm³/mol. The number of benzene rings is 1. The average Bonchev–Trinajstić information content (AvgIpc) is 2.83. The molecular weight excluding hydrogens is 285 g/mol. The van der Waals surface area contributed by atoms with Crippen molar-refractivity contribution in [3.05, 3.63) is 64.1 Å². The third kappa shape index (κ3) is 2.23. The Bertz CT molecular complexity index is 766. The summed E-state index contributed by atoms with van der Waals surface area (Å²) in [5, 5.41) is 1.58. The maximum atomic E-state index is 12.2. The fraction of sp³-hybridized carbons (Fsp3) is 0. The first-order chi connectivity index (χ1) is 9.15. The fourth-order valence-electron chi connectivity index (χ4n) is 1.83. The quantitative estimate of drug-likeness (QED) is 0.659. The SMILES string of the molecule is O=C(c1cccnc1)c1cc2cc(Cl)cc(Cl)c2o1. The van der Waals surface area contributed by atoms with Gasteiger partial charge < -0.3 is 4.42 Å². The van der Waals surface area contributed by atoms with E-state index in [-0.39, 0.29) is 11.5 Å². The molecule has 0 atom stereocenters. The lowest BCUT2D eigenvalue weighted by molar-refractivity contribution is 0.101. The zero-order valence-corrected chi connectivity index (χ0v) is 11.1. The molecule has 2 aromatic heterocycles. The van der Waals surface area contributed by atoms with Gasteiger partial charge in [0.25, 0.3) is 0 Å². The standard InChI is InChI=1S/C14H7Cl2NO2/c15-10-4-9-5-12(19-14(9)11(16)6-10)13(18)8-2-1-3-17-7-8/h1-7H. The number of ketones is 1. The summed E-state index contributed by atoms with van der Waals surface area (Å²) in [5.74, 6) is -0.0244. The van der Waals surface area contributed by atoms with Crippen LogP contribution in [0, 0.1) is 0 Å². The van der Waals surface area contributed by atoms with E-state index in [2.05, 4.69) is 4.98 Å². The molecule has 94 valence electrons. The number of aromatic nitrogens is 1. The van der Waals surface area contributed by atoms with Crippen LogP contribution in [0.2, 0.25) is 10.0 Å². The summed E-state index contributed by atoms with van der Waals surface area (Å²) < 4.78 is 5.50. The van der Waals surface area contributed by atoms with Crippen molar-refractivity contribution < 1.29 is 9.21 Å². The van der Waals surface area contributed by atoms with Gasteiger partial charge in [-0.2, -0.15) is 0 Å². The Balaban J connectivity index is 2.12. The molecule has 3 nitrogen and oxygen atoms in total. The highest BCUT2D eigenvalue weighted by atomic mass is 35.5. The molecule has 0 amide bonds. The summed E-state index contributed by atoms with van der Waals surface area (Å²) in [4.78, 5) is 16.1. The molecule has 0 aliphatic carbocycles. The van der Waals surface area contributed by atoms with Gasteiger partial charge in [-0.3, -0.25) is 9.78 Å². The number of furan rings is 1. The van der Waals surface area contributed by atoms with E-state index in [0.717, 1.165) is 0 Å². The Labute approximate surface area is 118 Å². The summed E-state index contributed by atoms with van der Waals surface area (Å²) >= 11 is 11.9. The summed E-state index contributed by atoms with van der Waals surface area (Å²) in [7, 11) is 0. The molecule has 0 saturated heterocycles. The summed E-state index contributed by atoms with van der Waals surface area (Å²) in [6, 6.07) is 8.28. The van der Waals surface area contributed by atoms with Gasteiger partial charge in [0.15, 0.2) is 11.3 Å². The Kier molecular flexibility index (Phi) is 3.01. The van der Waals surface area contributed by atoms with Gasteiger partial charge in [-0.15, -0.1) is 0 Å². The largest absolute Gasteiger partial charge is 0.451 e. The molecule has 0 aliphatic rings. The predicted octanol–water partition coefficient (Wildman–Crippen LogP) is 4.37. The number of pyridine rings is 1. The molecule has 3 rings (SSSR count). The minimum atomic E-state index is -0.239. The van der Waals surface area contributed by atoms with Crippen molar-refractivity contribution in [2.75, 3.05) is 0 Å². The van der Waals surface area contributed by atoms with Crippen molar-refractivity contribution >= 4 is 40.0 Å². The Morgan fingerprint density at radius 2 is 2.05 bits per heavy atom. The monoisotopic (exact) mass is 291 g/mol. The van der Waals surface area contributed by atoms with Crippen LogP contribution >= 0.6 is 23.2 Å². The number of carbonyl (C=O) groups is 1. The number of nitrogens with zero attached hydrogens (tertiary/aromatic N) is 1. The Hall–Kier alpha value is -1.84. The van der Waals surface area contributed by atoms with Crippen molar-refractivity contribution in [1.82, 2.24) is 4.98 Å². The third-order valence-electron chi connectivity index (χ3n) is 2.68. The molecule has 3 aromatic rings. The van der Waals surface area contributed by atoms with E-state index in [1.807, 2.05) is 0 Å². The van der Waals surface area contributed by atoms with E-state index in [1.165, 1.54) is 6.20 Å². The normalized spacial score (nSPS) is 10.8. The van der Waals surface area contributed by atoms with E-state index in [9.17, 15) is 4.79 Å². The Morgan fingerprint density at radius 1 is 1.21 bits per heavy atom. The molecule has 5 heteroatoms. The first-order valence-corrected chi connectivity index (χ1v) is 6.24. The second kappa shape index (κ2) is 4.68. The van der Waals surface area contributed by atoms with E-state index < -0.39 is 0 Å². The minimum absolute atomic E-state index is 0.215. The molecule has 1 aromatic carbocycles. The Morgan fingerprint density at radius 3 is 2.79 bits per heavy atom. The van der Waals surface area contributed by atoms with Crippen LogP contribution in [0.1, 0.15) is 16.1 Å². The number of fused-ring (bicyclic) bond motifs is 1. The summed E-state index contributed by atoms with van der Waals surface area (Å²) in [6.45, 7) is 0. The van der Waals surface area contributed by atoms with Crippen molar-refractivity contribution in [2.45, 2.75) is 0 Å². The number of halogens is 2. The average molecular weight is 292 g/mol. The number of rotatable bonds is 2. The lowest BCUT2D eigenvalue weighted by Gasteiger charge is -1.95. The van der Waals surface area contributed by atoms with E-state index in [1.54, 1.807) is 36.5 Å². The first-order valence-electron chi connectivity index (χ1n) is 5.48. The highest BCUT2D eigenvalue weighted by molar-refractivity contribution is 6.38. The fourth-order valence-corrected chi connectivity index (χ4v) is 2.37. The van der Waals surface area contributed by atoms with Crippen molar-refractivity contribution in [3.63, 3.8) is 0 Å². The van der Waals surface area contributed by atoms with Crippen LogP contribution < -0.4 is 0 Å². The number of carbonyl (C=O) groups excluding carboxylic acids is 1. The highest BCUT2D eigenvalue weighted by Crippen LogP contribution is 2.31. The van der Waals surface area contributed by atoms with E-state index in [0.29, 0.717) is 26.6 Å². The molecule has 19 heavy (non-hydrogen) atoms. The molecule has 0 N–H and O–H groups in total. The topological polar surface area (TPSA) is 43.1 Å². The molecular formula is C14H7Cl2NO2. The van der Waals surface area contributed by atoms with Crippen molar-refractivity contribution in [3.8, 4) is 0 Å². The van der Waals surface area contributed by atoms with Crippen LogP contribution in [0.5, 0.6) is 0 Å². The lowest BCUT2D eigenvalue weighted by Crippen LogP contribution is -1.99. The maximum absolute atomic E-state index is 12.2. The zero-order valence-electron chi connectivity index (χ0n) is 9.56. The van der Waals surface area contributed by atoms with Crippen LogP contribution in [-0.2, 0) is 0 Å². The number of hydrogen-bond donors (Lipinski definition) is 0. The van der Waals surface area contributed by atoms with Gasteiger partial charge in [-0.1, -0.05) is 23.2 Å². The summed E-state index contributed by atoms with van der Waals surface area (Å²) in [6.07, 6.45) is 3.09. The van der Waals surface area contributed by atoms with Crippen molar-refractivity contribution in [2.24, 2.45) is 0 Å². The summed E-state index contributed by atoms with van der Waals surface area (Å²) in [5.41, 5.74) is 0.919. The molecule has 2 heterocycles. The van der Waals surface area contributed by atoms with Crippen LogP contribution in [0.3, 0.4) is 0 Å². The second-order valence-electron chi connectivity index (χ2n) is 3.99. The van der Waals surface area contributed by atoms with Crippen LogP contribution in [0.4, 0.5) is 0 Å². The van der Waals surface area contributed by atoms with Gasteiger partial charge in [-0.05, 0) is 30.3 Å². The van der Waals surface area contributed by atoms with Crippen LogP contribution in [0.25, 0.3) is 11.0 Å². The van der Waals surface area contributed by atoms with Crippen LogP contribution in [-0.4, -0.2) is 10.8 Å². The van der Waals surface area contributed by atoms with Gasteiger partial charge in [0.1, 0.15) is 0 Å². The smallest absolute Gasteiger partial charge is 0.229 e. The van der Waals surface area contributed by atoms with Gasteiger partial charge in [0, 0.05) is 28.4 Å². The molecule has 0 bridgehead atoms. The third-order valence-corrected chi connectivity index (χ3v) is 3.18. The zero-order chi connectivity index (χ0) is 13.4. The minimum Gasteiger partial charge on any atom is -0.451 e. The molecule has 0 radical (unpaired) electrons. The van der Waals surface area contributed by atoms with Crippen LogP contribution in [0.15, 0.2) is 47.1 Å². The maximum Gasteiger partial charge on any atom is 0.229 e. The second-order valence-corrected chi connectivity index (χ2v) is 4.83. The van der Waals surface area contributed by atoms with E-state index >= 15 is 0 Å². The number of hydrogen-bond acceptors (Lipinski definition) is 3. The lowest BCUT2D eigenvalue weighted by atomic mass is 10.1. The van der Waals surface area contributed by atoms with E-state index in [4.69, 9.17) is 27.6 Å². The molecule has 0 fully saturated rings. The van der Waals surface area contributed by atoms with Gasteiger partial charge in [0.2, 0.25) is 5.78 Å². The van der Waals surface area contributed by atoms with Gasteiger partial charge in [0.05, 0.1) is 5.02 Å². The first kappa shape index (κ1) is 12.2. The molecule has 0 saturated carbocycles. The van der Waals surface area contributed by atoms with Crippen molar-refractivity contribution in [1.29, 1.82) is 0 Å². The van der Waals surface area contributed by atoms with Gasteiger partial charge in [-0.25, -0.2) is 0 Å². The molecule has 0 spiro atoms.